The summed E-state index contributed by atoms with van der Waals surface area (Å²) >= 11 is 0. The lowest BCUT2D eigenvalue weighted by Gasteiger charge is -2.71. The summed E-state index contributed by atoms with van der Waals surface area (Å²) in [5.41, 5.74) is -0.467. The van der Waals surface area contributed by atoms with Gasteiger partial charge in [0.15, 0.2) is 5.78 Å². The van der Waals surface area contributed by atoms with E-state index in [2.05, 4.69) is 41.5 Å². The predicted octanol–water partition coefficient (Wildman–Crippen LogP) is 6.07. The molecule has 0 aliphatic heterocycles. The number of esters is 2. The largest absolute Gasteiger partial charge is 0.481 e. The number of carbonyl (C=O) groups excluding carboxylic acids is 3. The molecule has 0 radical (unpaired) electrons. The highest BCUT2D eigenvalue weighted by molar-refractivity contribution is 5.95. The molecule has 0 aromatic rings. The Morgan fingerprint density at radius 3 is 2.02 bits per heavy atom. The Bertz CT molecular complexity index is 1250. The maximum Gasteiger partial charge on any atom is 0.319 e. The smallest absolute Gasteiger partial charge is 0.319 e. The number of fused-ring (bicyclic) bond motifs is 7. The van der Waals surface area contributed by atoms with E-state index >= 15 is 0 Å². The minimum absolute atomic E-state index is 0.0167. The number of ether oxygens (including phenoxy) is 2. The topological polar surface area (TPSA) is 110 Å². The number of hydrogen-bond donors (Lipinski definition) is 1. The van der Waals surface area contributed by atoms with Crippen LogP contribution >= 0.6 is 0 Å². The predicted molar refractivity (Wildman–Crippen MR) is 166 cm³/mol. The van der Waals surface area contributed by atoms with E-state index in [4.69, 9.17) is 9.47 Å². The van der Waals surface area contributed by atoms with E-state index < -0.39 is 11.4 Å². The van der Waals surface area contributed by atoms with E-state index in [1.165, 1.54) is 19.8 Å². The van der Waals surface area contributed by atoms with Crippen molar-refractivity contribution in [2.75, 3.05) is 27.3 Å². The van der Waals surface area contributed by atoms with Gasteiger partial charge in [0.1, 0.15) is 0 Å². The van der Waals surface area contributed by atoms with Crippen LogP contribution in [0.2, 0.25) is 0 Å². The lowest BCUT2D eigenvalue weighted by atomic mass is 9.33. The monoisotopic (exact) mass is 613 g/mol. The molecule has 0 aromatic heterocycles. The second kappa shape index (κ2) is 10.7. The van der Waals surface area contributed by atoms with E-state index in [1.54, 1.807) is 0 Å². The molecule has 4 saturated carbocycles. The Kier molecular flexibility index (Phi) is 8.04. The van der Waals surface area contributed by atoms with Crippen LogP contribution in [0.3, 0.4) is 0 Å². The standard InChI is InChI=1S/C36H55NO7/c1-31(2)25-10-13-36(7)29(34(25,5)12-11-26(31)37(20-27(39)43-8)21-28(40)44-9)24(38)18-22-23-19-33(4,30(41)42)15-14-32(23,3)16-17-35(22,36)6/h18,23,25-26,29H,10-17,19-21H2,1-9H3,(H,41,42)/t23-,25-,26-,29+,32+,33-,34-,35+,36+/m0/s1. The Labute approximate surface area is 263 Å². The van der Waals surface area contributed by atoms with Crippen LogP contribution in [0.25, 0.3) is 0 Å². The van der Waals surface area contributed by atoms with Gasteiger partial charge in [0.25, 0.3) is 0 Å². The summed E-state index contributed by atoms with van der Waals surface area (Å²) in [7, 11) is 2.73. The molecule has 5 rings (SSSR count). The Balaban J connectivity index is 1.53. The first kappa shape index (κ1) is 33.2. The zero-order chi connectivity index (χ0) is 32.7. The fraction of sp³-hybridized carbons (Fsp3) is 0.833. The zero-order valence-corrected chi connectivity index (χ0v) is 28.5. The van der Waals surface area contributed by atoms with Crippen LogP contribution in [0.15, 0.2) is 11.6 Å². The number of carbonyl (C=O) groups is 4. The number of ketones is 1. The second-order valence-corrected chi connectivity index (χ2v) is 17.0. The summed E-state index contributed by atoms with van der Waals surface area (Å²) in [6.07, 6.45) is 9.71. The Hall–Kier alpha value is -2.22. The highest BCUT2D eigenvalue weighted by atomic mass is 16.5. The van der Waals surface area contributed by atoms with Crippen LogP contribution in [0, 0.1) is 50.2 Å². The summed E-state index contributed by atoms with van der Waals surface area (Å²) in [6, 6.07) is -0.0464. The van der Waals surface area contributed by atoms with Crippen LogP contribution in [-0.2, 0) is 28.7 Å². The molecule has 0 bridgehead atoms. The molecule has 0 spiro atoms. The highest BCUT2D eigenvalue weighted by Crippen LogP contribution is 2.75. The van der Waals surface area contributed by atoms with Crippen molar-refractivity contribution in [1.82, 2.24) is 4.90 Å². The molecule has 4 fully saturated rings. The van der Waals surface area contributed by atoms with Gasteiger partial charge in [-0.15, -0.1) is 0 Å². The number of carboxylic acids is 1. The molecule has 0 heterocycles. The van der Waals surface area contributed by atoms with Crippen molar-refractivity contribution in [2.24, 2.45) is 50.2 Å². The maximum atomic E-state index is 14.6. The molecular weight excluding hydrogens is 558 g/mol. The van der Waals surface area contributed by atoms with Gasteiger partial charge in [-0.05, 0) is 110 Å². The average molecular weight is 614 g/mol. The first-order valence-electron chi connectivity index (χ1n) is 16.7. The number of aliphatic carboxylic acids is 1. The molecule has 8 nitrogen and oxygen atoms in total. The number of hydrogen-bond acceptors (Lipinski definition) is 7. The van der Waals surface area contributed by atoms with Gasteiger partial charge in [-0.3, -0.25) is 24.1 Å². The third-order valence-corrected chi connectivity index (χ3v) is 14.6. The minimum atomic E-state index is -0.767. The van der Waals surface area contributed by atoms with Crippen molar-refractivity contribution >= 4 is 23.7 Å². The summed E-state index contributed by atoms with van der Waals surface area (Å²) in [4.78, 5) is 53.8. The number of methoxy groups -OCH3 is 2. The Morgan fingerprint density at radius 1 is 0.864 bits per heavy atom. The first-order chi connectivity index (χ1) is 20.3. The molecule has 5 aliphatic carbocycles. The summed E-state index contributed by atoms with van der Waals surface area (Å²) in [6.45, 7) is 15.8. The van der Waals surface area contributed by atoms with Gasteiger partial charge in [0.05, 0.1) is 32.7 Å². The van der Waals surface area contributed by atoms with Crippen LogP contribution in [0.4, 0.5) is 0 Å². The molecule has 0 unspecified atom stereocenters. The van der Waals surface area contributed by atoms with Crippen LogP contribution in [0.1, 0.15) is 106 Å². The first-order valence-corrected chi connectivity index (χ1v) is 16.7. The SMILES string of the molecule is COC(=O)CN(CC(=O)OC)[C@H]1CC[C@]2(C)[C@H]3C(=O)C=C4[C@@H]5C[C@@](C)(C(=O)O)CC[C@]5(C)CC[C@@]4(C)[C@]3(C)CC[C@H]2C1(C)C. The van der Waals surface area contributed by atoms with Crippen LogP contribution < -0.4 is 0 Å². The van der Waals surface area contributed by atoms with E-state index in [0.29, 0.717) is 12.8 Å². The van der Waals surface area contributed by atoms with Gasteiger partial charge in [0, 0.05) is 12.0 Å². The van der Waals surface area contributed by atoms with Gasteiger partial charge in [0.2, 0.25) is 0 Å². The van der Waals surface area contributed by atoms with E-state index in [1.807, 2.05) is 17.9 Å². The third-order valence-electron chi connectivity index (χ3n) is 14.6. The summed E-state index contributed by atoms with van der Waals surface area (Å²) < 4.78 is 9.99. The molecule has 9 atom stereocenters. The van der Waals surface area contributed by atoms with E-state index in [-0.39, 0.29) is 81.7 Å². The third kappa shape index (κ3) is 4.62. The van der Waals surface area contributed by atoms with Crippen LogP contribution in [0.5, 0.6) is 0 Å². The van der Waals surface area contributed by atoms with E-state index in [9.17, 15) is 24.3 Å². The lowest BCUT2D eigenvalue weighted by Crippen LogP contribution is -2.68. The molecule has 0 saturated heterocycles. The lowest BCUT2D eigenvalue weighted by molar-refractivity contribution is -0.197. The molecule has 8 heteroatoms. The molecule has 1 N–H and O–H groups in total. The molecule has 44 heavy (non-hydrogen) atoms. The van der Waals surface area contributed by atoms with Crippen molar-refractivity contribution in [3.63, 3.8) is 0 Å². The van der Waals surface area contributed by atoms with Crippen molar-refractivity contribution < 1.29 is 33.8 Å². The van der Waals surface area contributed by atoms with E-state index in [0.717, 1.165) is 44.9 Å². The van der Waals surface area contributed by atoms with Gasteiger partial charge in [-0.25, -0.2) is 0 Å². The normalized spacial score (nSPS) is 44.3. The van der Waals surface area contributed by atoms with Gasteiger partial charge in [-0.2, -0.15) is 0 Å². The van der Waals surface area contributed by atoms with Gasteiger partial charge < -0.3 is 14.6 Å². The van der Waals surface area contributed by atoms with Gasteiger partial charge in [-0.1, -0.05) is 47.1 Å². The van der Waals surface area contributed by atoms with Crippen molar-refractivity contribution in [2.45, 2.75) is 112 Å². The quantitative estimate of drug-likeness (QED) is 0.360. The number of allylic oxidation sites excluding steroid dienone is 2. The molecule has 246 valence electrons. The summed E-state index contributed by atoms with van der Waals surface area (Å²) in [5.74, 6) is -1.10. The number of carboxylic acid groups (broad SMARTS) is 1. The van der Waals surface area contributed by atoms with Crippen molar-refractivity contribution in [3.8, 4) is 0 Å². The van der Waals surface area contributed by atoms with Crippen molar-refractivity contribution in [3.05, 3.63) is 11.6 Å². The molecule has 0 aromatic carbocycles. The fourth-order valence-electron chi connectivity index (χ4n) is 11.8. The molecule has 5 aliphatic rings. The average Bonchev–Trinajstić information content (AvgIpc) is 2.94. The zero-order valence-electron chi connectivity index (χ0n) is 28.5. The number of rotatable bonds is 6. The minimum Gasteiger partial charge on any atom is -0.481 e. The molecular formula is C36H55NO7. The van der Waals surface area contributed by atoms with Crippen LogP contribution in [-0.4, -0.2) is 67.0 Å². The Morgan fingerprint density at radius 2 is 1.45 bits per heavy atom. The fourth-order valence-corrected chi connectivity index (χ4v) is 11.8. The maximum absolute atomic E-state index is 14.6. The summed E-state index contributed by atoms with van der Waals surface area (Å²) in [5, 5.41) is 10.2. The van der Waals surface area contributed by atoms with Gasteiger partial charge >= 0.3 is 17.9 Å². The number of nitrogens with zero attached hydrogens (tertiary/aromatic N) is 1. The molecule has 0 amide bonds. The highest BCUT2D eigenvalue weighted by Gasteiger charge is 2.70. The second-order valence-electron chi connectivity index (χ2n) is 17.0. The van der Waals surface area contributed by atoms with Crippen molar-refractivity contribution in [1.29, 1.82) is 0 Å².